The minimum atomic E-state index is 0.0369. The number of carbonyl (C=O) groups is 1. The summed E-state index contributed by atoms with van der Waals surface area (Å²) < 4.78 is 5.54. The van der Waals surface area contributed by atoms with Crippen LogP contribution in [0.5, 0.6) is 5.75 Å². The summed E-state index contributed by atoms with van der Waals surface area (Å²) in [7, 11) is 1.87. The molecule has 1 atom stereocenters. The number of nitrogens with one attached hydrogen (secondary N) is 1. The van der Waals surface area contributed by atoms with E-state index in [2.05, 4.69) is 5.32 Å². The predicted octanol–water partition coefficient (Wildman–Crippen LogP) is 2.69. The molecule has 1 aliphatic heterocycles. The van der Waals surface area contributed by atoms with Gasteiger partial charge in [0.05, 0.1) is 12.2 Å². The van der Waals surface area contributed by atoms with Gasteiger partial charge < -0.3 is 15.0 Å². The molecule has 4 nitrogen and oxygen atoms in total. The highest BCUT2D eigenvalue weighted by atomic mass is 16.5. The number of nitrogens with zero attached hydrogens (tertiary/aromatic N) is 1. The van der Waals surface area contributed by atoms with Crippen LogP contribution in [0.15, 0.2) is 24.3 Å². The fraction of sp³-hybridized carbons (Fsp3) is 0.588. The van der Waals surface area contributed by atoms with Crippen LogP contribution in [0.25, 0.3) is 0 Å². The van der Waals surface area contributed by atoms with Crippen molar-refractivity contribution in [1.82, 2.24) is 10.2 Å². The van der Waals surface area contributed by atoms with Crippen molar-refractivity contribution < 1.29 is 9.53 Å². The molecular weight excluding hydrogens is 264 g/mol. The van der Waals surface area contributed by atoms with Gasteiger partial charge in [-0.1, -0.05) is 18.6 Å². The standard InChI is InChI=1S/C17H26N2O2/c1-3-21-16-10-5-4-9-15(16)17(20)19(2)13-11-14-8-6-7-12-18-14/h4-5,9-10,14,18H,3,6-8,11-13H2,1-2H3. The molecule has 0 aromatic heterocycles. The van der Waals surface area contributed by atoms with E-state index < -0.39 is 0 Å². The van der Waals surface area contributed by atoms with E-state index in [1.807, 2.05) is 38.2 Å². The summed E-state index contributed by atoms with van der Waals surface area (Å²) in [5.74, 6) is 0.711. The molecule has 0 aliphatic carbocycles. The van der Waals surface area contributed by atoms with Crippen molar-refractivity contribution >= 4 is 5.91 Å². The van der Waals surface area contributed by atoms with Gasteiger partial charge in [-0.15, -0.1) is 0 Å². The van der Waals surface area contributed by atoms with E-state index >= 15 is 0 Å². The highest BCUT2D eigenvalue weighted by Gasteiger charge is 2.18. The molecule has 0 bridgehead atoms. The van der Waals surface area contributed by atoms with Crippen LogP contribution in [0.1, 0.15) is 43.0 Å². The van der Waals surface area contributed by atoms with Crippen molar-refractivity contribution in [1.29, 1.82) is 0 Å². The van der Waals surface area contributed by atoms with Crippen LogP contribution in [0.2, 0.25) is 0 Å². The predicted molar refractivity (Wildman–Crippen MR) is 84.8 cm³/mol. The van der Waals surface area contributed by atoms with E-state index in [0.29, 0.717) is 24.0 Å². The van der Waals surface area contributed by atoms with E-state index in [0.717, 1.165) is 19.5 Å². The smallest absolute Gasteiger partial charge is 0.257 e. The maximum absolute atomic E-state index is 12.5. The second kappa shape index (κ2) is 8.03. The zero-order chi connectivity index (χ0) is 15.1. The topological polar surface area (TPSA) is 41.6 Å². The summed E-state index contributed by atoms with van der Waals surface area (Å²) in [5, 5.41) is 3.52. The molecule has 2 rings (SSSR count). The van der Waals surface area contributed by atoms with Gasteiger partial charge in [0.15, 0.2) is 0 Å². The fourth-order valence-electron chi connectivity index (χ4n) is 2.75. The lowest BCUT2D eigenvalue weighted by Crippen LogP contribution is -2.38. The maximum Gasteiger partial charge on any atom is 0.257 e. The molecule has 1 N–H and O–H groups in total. The Morgan fingerprint density at radius 3 is 2.90 bits per heavy atom. The van der Waals surface area contributed by atoms with E-state index in [-0.39, 0.29) is 5.91 Å². The number of para-hydroxylation sites is 1. The Kier molecular flexibility index (Phi) is 6.05. The molecular formula is C17H26N2O2. The number of rotatable bonds is 6. The molecule has 1 aromatic carbocycles. The molecule has 1 heterocycles. The normalized spacial score (nSPS) is 18.3. The van der Waals surface area contributed by atoms with Crippen molar-refractivity contribution in [3.8, 4) is 5.75 Å². The summed E-state index contributed by atoms with van der Waals surface area (Å²) in [5.41, 5.74) is 0.651. The van der Waals surface area contributed by atoms with Crippen LogP contribution in [0.3, 0.4) is 0 Å². The largest absolute Gasteiger partial charge is 0.493 e. The Morgan fingerprint density at radius 1 is 1.38 bits per heavy atom. The third kappa shape index (κ3) is 4.46. The molecule has 0 spiro atoms. The van der Waals surface area contributed by atoms with Crippen LogP contribution in [0, 0.1) is 0 Å². The lowest BCUT2D eigenvalue weighted by molar-refractivity contribution is 0.0784. The van der Waals surface area contributed by atoms with Crippen molar-refractivity contribution in [3.05, 3.63) is 29.8 Å². The van der Waals surface area contributed by atoms with Crippen LogP contribution < -0.4 is 10.1 Å². The van der Waals surface area contributed by atoms with Gasteiger partial charge in [0.1, 0.15) is 5.75 Å². The van der Waals surface area contributed by atoms with E-state index in [9.17, 15) is 4.79 Å². The number of hydrogen-bond donors (Lipinski definition) is 1. The monoisotopic (exact) mass is 290 g/mol. The Labute approximate surface area is 127 Å². The Bertz CT molecular complexity index is 456. The summed E-state index contributed by atoms with van der Waals surface area (Å²) in [6, 6.07) is 8.02. The van der Waals surface area contributed by atoms with E-state index in [4.69, 9.17) is 4.74 Å². The Balaban J connectivity index is 1.92. The third-order valence-electron chi connectivity index (χ3n) is 3.99. The number of ether oxygens (including phenoxy) is 1. The summed E-state index contributed by atoms with van der Waals surface area (Å²) >= 11 is 0. The minimum absolute atomic E-state index is 0.0369. The molecule has 0 saturated carbocycles. The lowest BCUT2D eigenvalue weighted by atomic mass is 10.0. The quantitative estimate of drug-likeness (QED) is 0.876. The zero-order valence-corrected chi connectivity index (χ0v) is 13.1. The molecule has 116 valence electrons. The summed E-state index contributed by atoms with van der Waals surface area (Å²) in [6.45, 7) is 4.38. The number of amides is 1. The molecule has 1 fully saturated rings. The van der Waals surface area contributed by atoms with Gasteiger partial charge in [0, 0.05) is 19.6 Å². The van der Waals surface area contributed by atoms with Crippen LogP contribution >= 0.6 is 0 Å². The second-order valence-electron chi connectivity index (χ2n) is 5.59. The number of benzene rings is 1. The van der Waals surface area contributed by atoms with Crippen LogP contribution in [-0.2, 0) is 0 Å². The Morgan fingerprint density at radius 2 is 2.19 bits per heavy atom. The van der Waals surface area contributed by atoms with Crippen molar-refractivity contribution in [2.45, 2.75) is 38.6 Å². The van der Waals surface area contributed by atoms with Gasteiger partial charge >= 0.3 is 0 Å². The maximum atomic E-state index is 12.5. The molecule has 1 amide bonds. The highest BCUT2D eigenvalue weighted by molar-refractivity contribution is 5.96. The number of hydrogen-bond acceptors (Lipinski definition) is 3. The molecule has 1 aromatic rings. The van der Waals surface area contributed by atoms with Crippen LogP contribution in [0.4, 0.5) is 0 Å². The average Bonchev–Trinajstić information content (AvgIpc) is 2.54. The Hall–Kier alpha value is -1.55. The van der Waals surface area contributed by atoms with E-state index in [1.54, 1.807) is 4.90 Å². The minimum Gasteiger partial charge on any atom is -0.493 e. The molecule has 1 saturated heterocycles. The SMILES string of the molecule is CCOc1ccccc1C(=O)N(C)CCC1CCCCN1. The molecule has 1 aliphatic rings. The summed E-state index contributed by atoms with van der Waals surface area (Å²) in [6.07, 6.45) is 4.80. The van der Waals surface area contributed by atoms with Gasteiger partial charge in [0.2, 0.25) is 0 Å². The van der Waals surface area contributed by atoms with E-state index in [1.165, 1.54) is 19.3 Å². The zero-order valence-electron chi connectivity index (χ0n) is 13.1. The highest BCUT2D eigenvalue weighted by Crippen LogP contribution is 2.20. The number of carbonyl (C=O) groups excluding carboxylic acids is 1. The fourth-order valence-corrected chi connectivity index (χ4v) is 2.75. The lowest BCUT2D eigenvalue weighted by Gasteiger charge is -2.26. The van der Waals surface area contributed by atoms with Crippen LogP contribution in [-0.4, -0.2) is 43.6 Å². The van der Waals surface area contributed by atoms with Crippen molar-refractivity contribution in [2.75, 3.05) is 26.7 Å². The molecule has 1 unspecified atom stereocenters. The van der Waals surface area contributed by atoms with Gasteiger partial charge in [-0.3, -0.25) is 4.79 Å². The average molecular weight is 290 g/mol. The van der Waals surface area contributed by atoms with Gasteiger partial charge in [-0.2, -0.15) is 0 Å². The summed E-state index contributed by atoms with van der Waals surface area (Å²) in [4.78, 5) is 14.3. The van der Waals surface area contributed by atoms with Gasteiger partial charge in [-0.05, 0) is 44.9 Å². The van der Waals surface area contributed by atoms with Gasteiger partial charge in [-0.25, -0.2) is 0 Å². The molecule has 0 radical (unpaired) electrons. The molecule has 21 heavy (non-hydrogen) atoms. The second-order valence-corrected chi connectivity index (χ2v) is 5.59. The number of piperidine rings is 1. The molecule has 4 heteroatoms. The first-order chi connectivity index (χ1) is 10.2. The first kappa shape index (κ1) is 15.8. The van der Waals surface area contributed by atoms with Crippen molar-refractivity contribution in [2.24, 2.45) is 0 Å². The first-order valence-corrected chi connectivity index (χ1v) is 7.93. The van der Waals surface area contributed by atoms with Gasteiger partial charge in [0.25, 0.3) is 5.91 Å². The van der Waals surface area contributed by atoms with Crippen molar-refractivity contribution in [3.63, 3.8) is 0 Å². The first-order valence-electron chi connectivity index (χ1n) is 7.93. The third-order valence-corrected chi connectivity index (χ3v) is 3.99.